The van der Waals surface area contributed by atoms with E-state index in [9.17, 15) is 24.3 Å². The van der Waals surface area contributed by atoms with Gasteiger partial charge in [0.15, 0.2) is 0 Å². The molecule has 1 aliphatic carbocycles. The lowest BCUT2D eigenvalue weighted by Gasteiger charge is -2.34. The summed E-state index contributed by atoms with van der Waals surface area (Å²) in [4.78, 5) is 54.4. The van der Waals surface area contributed by atoms with Crippen LogP contribution in [0.15, 0.2) is 106 Å². The van der Waals surface area contributed by atoms with Crippen molar-refractivity contribution in [2.75, 3.05) is 44.9 Å². The minimum Gasteiger partial charge on any atom is -0.508 e. The molecular formula is C53H58N6O9. The van der Waals surface area contributed by atoms with Crippen LogP contribution in [0, 0.1) is 13.8 Å². The molecular weight excluding hydrogens is 865 g/mol. The van der Waals surface area contributed by atoms with Crippen LogP contribution in [0.5, 0.6) is 11.5 Å². The summed E-state index contributed by atoms with van der Waals surface area (Å²) in [6.07, 6.45) is 9.77. The molecule has 0 spiro atoms. The van der Waals surface area contributed by atoms with Crippen LogP contribution in [0.4, 0.5) is 5.69 Å². The number of hydrogen-bond donors (Lipinski definition) is 3. The van der Waals surface area contributed by atoms with Crippen molar-refractivity contribution < 1.29 is 38.1 Å². The first-order chi connectivity index (χ1) is 33.1. The van der Waals surface area contributed by atoms with Gasteiger partial charge in [0.05, 0.1) is 50.3 Å². The van der Waals surface area contributed by atoms with Crippen molar-refractivity contribution in [3.8, 4) is 33.9 Å². The van der Waals surface area contributed by atoms with Gasteiger partial charge in [0.25, 0.3) is 5.91 Å². The zero-order valence-electron chi connectivity index (χ0n) is 38.6. The van der Waals surface area contributed by atoms with Crippen LogP contribution >= 0.6 is 0 Å². The number of aryl methyl sites for hydroxylation is 2. The highest BCUT2D eigenvalue weighted by molar-refractivity contribution is 6.07. The SMILES string of the molecule is Cc1ccc(-c2ccc3c(c2)C=C(C(=O)Nc2ccc(CN(C(=O)CCCC(=O)NCCOCCOCCn4cc(-c5c(C)c6ccc(O)cc6oc5=O)nn4)C4CCCCC4)cc2)CO3)cc1. The summed E-state index contributed by atoms with van der Waals surface area (Å²) in [5.41, 5.74) is 7.50. The monoisotopic (exact) mass is 922 g/mol. The maximum absolute atomic E-state index is 13.7. The molecule has 2 aliphatic rings. The zero-order chi connectivity index (χ0) is 47.4. The number of carbonyl (C=O) groups is 3. The van der Waals surface area contributed by atoms with Crippen molar-refractivity contribution >= 4 is 40.5 Å². The van der Waals surface area contributed by atoms with Crippen molar-refractivity contribution in [2.24, 2.45) is 0 Å². The van der Waals surface area contributed by atoms with E-state index in [1.54, 1.807) is 23.9 Å². The number of fused-ring (bicyclic) bond motifs is 2. The molecule has 0 radical (unpaired) electrons. The summed E-state index contributed by atoms with van der Waals surface area (Å²) in [5, 5.41) is 24.6. The molecule has 15 nitrogen and oxygen atoms in total. The van der Waals surface area contributed by atoms with E-state index >= 15 is 0 Å². The predicted molar refractivity (Wildman–Crippen MR) is 259 cm³/mol. The molecule has 354 valence electrons. The molecule has 0 atom stereocenters. The predicted octanol–water partition coefficient (Wildman–Crippen LogP) is 8.14. The first-order valence-electron chi connectivity index (χ1n) is 23.4. The highest BCUT2D eigenvalue weighted by atomic mass is 16.5. The van der Waals surface area contributed by atoms with Gasteiger partial charge in [0.1, 0.15) is 29.4 Å². The molecule has 8 rings (SSSR count). The van der Waals surface area contributed by atoms with E-state index < -0.39 is 5.63 Å². The van der Waals surface area contributed by atoms with Crippen molar-refractivity contribution in [1.82, 2.24) is 25.2 Å². The van der Waals surface area contributed by atoms with Crippen LogP contribution in [0.1, 0.15) is 73.6 Å². The molecule has 3 amide bonds. The Labute approximate surface area is 395 Å². The van der Waals surface area contributed by atoms with Gasteiger partial charge in [-0.2, -0.15) is 0 Å². The van der Waals surface area contributed by atoms with Gasteiger partial charge in [-0.15, -0.1) is 5.10 Å². The molecule has 0 unspecified atom stereocenters. The van der Waals surface area contributed by atoms with E-state index in [1.165, 1.54) is 24.1 Å². The molecule has 0 saturated heterocycles. The molecule has 15 heteroatoms. The van der Waals surface area contributed by atoms with Crippen molar-refractivity contribution in [3.05, 3.63) is 129 Å². The third-order valence-electron chi connectivity index (χ3n) is 12.4. The summed E-state index contributed by atoms with van der Waals surface area (Å²) >= 11 is 0. The fourth-order valence-electron chi connectivity index (χ4n) is 8.69. The molecule has 3 N–H and O–H groups in total. The highest BCUT2D eigenvalue weighted by Crippen LogP contribution is 2.33. The highest BCUT2D eigenvalue weighted by Gasteiger charge is 2.26. The van der Waals surface area contributed by atoms with Crippen LogP contribution in [0.2, 0.25) is 0 Å². The van der Waals surface area contributed by atoms with E-state index in [0.717, 1.165) is 53.7 Å². The Morgan fingerprint density at radius 2 is 1.63 bits per heavy atom. The summed E-state index contributed by atoms with van der Waals surface area (Å²) in [7, 11) is 0. The number of anilines is 1. The normalized spacial score (nSPS) is 13.6. The van der Waals surface area contributed by atoms with E-state index in [2.05, 4.69) is 52.1 Å². The fourth-order valence-corrected chi connectivity index (χ4v) is 8.69. The second-order valence-electron chi connectivity index (χ2n) is 17.4. The van der Waals surface area contributed by atoms with Gasteiger partial charge in [-0.25, -0.2) is 9.48 Å². The topological polar surface area (TPSA) is 187 Å². The number of hydrogen-bond acceptors (Lipinski definition) is 11. The average Bonchev–Trinajstić information content (AvgIpc) is 3.81. The minimum atomic E-state index is -0.560. The first kappa shape index (κ1) is 47.4. The third kappa shape index (κ3) is 12.3. The van der Waals surface area contributed by atoms with Gasteiger partial charge in [-0.1, -0.05) is 72.5 Å². The van der Waals surface area contributed by atoms with Gasteiger partial charge >= 0.3 is 5.63 Å². The number of rotatable bonds is 20. The number of ether oxygens (including phenoxy) is 3. The molecule has 6 aromatic rings. The van der Waals surface area contributed by atoms with Gasteiger partial charge in [0.2, 0.25) is 11.8 Å². The molecule has 1 saturated carbocycles. The van der Waals surface area contributed by atoms with Gasteiger partial charge in [-0.05, 0) is 97.8 Å². The Morgan fingerprint density at radius 3 is 2.43 bits per heavy atom. The van der Waals surface area contributed by atoms with Crippen molar-refractivity contribution in [1.29, 1.82) is 0 Å². The number of phenols is 1. The molecule has 0 bridgehead atoms. The summed E-state index contributed by atoms with van der Waals surface area (Å²) in [6.45, 7) is 6.61. The van der Waals surface area contributed by atoms with Gasteiger partial charge in [-0.3, -0.25) is 14.4 Å². The summed E-state index contributed by atoms with van der Waals surface area (Å²) in [5.74, 6) is 0.443. The smallest absolute Gasteiger partial charge is 0.346 e. The lowest BCUT2D eigenvalue weighted by atomic mass is 9.93. The molecule has 2 aromatic heterocycles. The number of nitrogens with zero attached hydrogens (tertiary/aromatic N) is 4. The third-order valence-corrected chi connectivity index (χ3v) is 12.4. The fraction of sp³-hybridized carbons (Fsp3) is 0.358. The lowest BCUT2D eigenvalue weighted by Crippen LogP contribution is -2.41. The largest absolute Gasteiger partial charge is 0.508 e. The lowest BCUT2D eigenvalue weighted by molar-refractivity contribution is -0.135. The molecule has 68 heavy (non-hydrogen) atoms. The Hall–Kier alpha value is -7.10. The maximum Gasteiger partial charge on any atom is 0.346 e. The van der Waals surface area contributed by atoms with Crippen LogP contribution < -0.4 is 21.0 Å². The van der Waals surface area contributed by atoms with Crippen LogP contribution in [0.25, 0.3) is 39.4 Å². The number of phenolic OH excluding ortho intramolecular Hbond substituents is 1. The number of aromatic nitrogens is 3. The molecule has 1 aliphatic heterocycles. The van der Waals surface area contributed by atoms with Gasteiger partial charge in [0, 0.05) is 54.7 Å². The maximum atomic E-state index is 13.7. The first-order valence-corrected chi connectivity index (χ1v) is 23.4. The number of aromatic hydroxyl groups is 1. The average molecular weight is 923 g/mol. The van der Waals surface area contributed by atoms with E-state index in [1.807, 2.05) is 53.4 Å². The quantitative estimate of drug-likeness (QED) is 0.0496. The molecule has 3 heterocycles. The Morgan fingerprint density at radius 1 is 0.868 bits per heavy atom. The molecule has 1 fully saturated rings. The van der Waals surface area contributed by atoms with E-state index in [4.69, 9.17) is 18.6 Å². The van der Waals surface area contributed by atoms with Crippen LogP contribution in [-0.2, 0) is 36.9 Å². The van der Waals surface area contributed by atoms with Gasteiger partial charge < -0.3 is 39.3 Å². The van der Waals surface area contributed by atoms with Crippen LogP contribution in [0.3, 0.4) is 0 Å². The van der Waals surface area contributed by atoms with Crippen LogP contribution in [-0.4, -0.2) is 88.3 Å². The van der Waals surface area contributed by atoms with E-state index in [-0.39, 0.29) is 49.0 Å². The standard InChI is InChI=1S/C53H58N6O9/c1-35-11-15-38(16-12-35)39-17-22-47-40(29-39)30-41(34-67-47)52(63)55-42-18-13-37(14-19-42)32-59(43-7-4-3-5-8-43)50(62)10-6-9-49(61)54-23-25-65-27-28-66-26-24-58-33-46(56-57-58)51-36(2)45-21-20-44(60)31-48(45)68-53(51)64/h11-22,29-31,33,43,60H,3-10,23-28,32,34H2,1-2H3,(H,54,61)(H,55,63). The number of benzene rings is 4. The number of amides is 3. The molecule has 4 aromatic carbocycles. The Bertz CT molecular complexity index is 2810. The number of nitrogens with one attached hydrogen (secondary N) is 2. The summed E-state index contributed by atoms with van der Waals surface area (Å²) < 4.78 is 24.2. The summed E-state index contributed by atoms with van der Waals surface area (Å²) in [6, 6.07) is 26.8. The minimum absolute atomic E-state index is 0.0121. The Balaban J connectivity index is 0.722. The van der Waals surface area contributed by atoms with E-state index in [0.29, 0.717) is 91.5 Å². The van der Waals surface area contributed by atoms with Crippen molar-refractivity contribution in [2.45, 2.75) is 84.3 Å². The van der Waals surface area contributed by atoms with Crippen molar-refractivity contribution in [3.63, 3.8) is 0 Å². The second kappa shape index (κ2) is 22.6. The number of carbonyl (C=O) groups excluding carboxylic acids is 3. The zero-order valence-corrected chi connectivity index (χ0v) is 38.6. The second-order valence-corrected chi connectivity index (χ2v) is 17.4. The Kier molecular flexibility index (Phi) is 15.7.